The van der Waals surface area contributed by atoms with E-state index in [1.165, 1.54) is 24.1 Å². The van der Waals surface area contributed by atoms with Crippen LogP contribution in [-0.2, 0) is 11.2 Å². The molecular weight excluding hydrogens is 292 g/mol. The number of rotatable bonds is 4. The highest BCUT2D eigenvalue weighted by Gasteiger charge is 2.23. The summed E-state index contributed by atoms with van der Waals surface area (Å²) in [7, 11) is 1.52. The first-order chi connectivity index (χ1) is 9.90. The van der Waals surface area contributed by atoms with Gasteiger partial charge in [0.15, 0.2) is 0 Å². The van der Waals surface area contributed by atoms with E-state index in [1.807, 2.05) is 0 Å². The van der Waals surface area contributed by atoms with Crippen LogP contribution < -0.4 is 4.90 Å². The molecule has 2 rings (SSSR count). The number of carboxylic acid groups (broad SMARTS) is 1. The number of aromatic carboxylic acids is 1. The number of carbonyl (C=O) groups is 2. The van der Waals surface area contributed by atoms with Crippen molar-refractivity contribution in [2.75, 3.05) is 11.9 Å². The van der Waals surface area contributed by atoms with E-state index in [-0.39, 0.29) is 23.6 Å². The smallest absolute Gasteiger partial charge is 0.340 e. The highest BCUT2D eigenvalue weighted by atomic mass is 32.1. The summed E-state index contributed by atoms with van der Waals surface area (Å²) in [6.45, 7) is 1.59. The average Bonchev–Trinajstić information content (AvgIpc) is 2.79. The normalized spacial score (nSPS) is 10.4. The minimum absolute atomic E-state index is 0.0479. The summed E-state index contributed by atoms with van der Waals surface area (Å²) in [5.41, 5.74) is 1.09. The zero-order valence-electron chi connectivity index (χ0n) is 11.5. The molecule has 7 heteroatoms. The second kappa shape index (κ2) is 5.92. The molecule has 0 atom stereocenters. The van der Waals surface area contributed by atoms with Crippen LogP contribution in [0.2, 0.25) is 0 Å². The molecule has 0 spiro atoms. The second-order valence-corrected chi connectivity index (χ2v) is 5.30. The summed E-state index contributed by atoms with van der Waals surface area (Å²) in [4.78, 5) is 24.8. The van der Waals surface area contributed by atoms with Gasteiger partial charge < -0.3 is 15.1 Å². The van der Waals surface area contributed by atoms with E-state index in [0.717, 1.165) is 11.5 Å². The van der Waals surface area contributed by atoms with Crippen LogP contribution in [0, 0.1) is 6.92 Å². The van der Waals surface area contributed by atoms with Crippen LogP contribution in [0.3, 0.4) is 0 Å². The summed E-state index contributed by atoms with van der Waals surface area (Å²) in [5.74, 6) is -1.29. The number of aromatic nitrogens is 1. The molecule has 0 aliphatic carbocycles. The Morgan fingerprint density at radius 1 is 1.38 bits per heavy atom. The van der Waals surface area contributed by atoms with Crippen molar-refractivity contribution in [3.8, 4) is 5.75 Å². The Labute approximate surface area is 125 Å². The van der Waals surface area contributed by atoms with Crippen LogP contribution in [0.1, 0.15) is 21.6 Å². The van der Waals surface area contributed by atoms with Gasteiger partial charge in [0.05, 0.1) is 12.1 Å². The predicted octanol–water partition coefficient (Wildman–Crippen LogP) is 2.06. The lowest BCUT2D eigenvalue weighted by atomic mass is 10.1. The Morgan fingerprint density at radius 3 is 2.71 bits per heavy atom. The molecule has 2 N–H and O–H groups in total. The molecule has 1 aromatic carbocycles. The lowest BCUT2D eigenvalue weighted by Crippen LogP contribution is -2.28. The number of amides is 1. The zero-order valence-corrected chi connectivity index (χ0v) is 12.3. The van der Waals surface area contributed by atoms with E-state index in [4.69, 9.17) is 0 Å². The van der Waals surface area contributed by atoms with Crippen LogP contribution in [0.25, 0.3) is 0 Å². The van der Waals surface area contributed by atoms with Crippen molar-refractivity contribution >= 4 is 28.4 Å². The van der Waals surface area contributed by atoms with Crippen molar-refractivity contribution in [1.82, 2.24) is 4.37 Å². The predicted molar refractivity (Wildman–Crippen MR) is 79.0 cm³/mol. The van der Waals surface area contributed by atoms with Crippen LogP contribution in [0.4, 0.5) is 5.00 Å². The fourth-order valence-corrected chi connectivity index (χ4v) is 2.77. The highest BCUT2D eigenvalue weighted by molar-refractivity contribution is 7.11. The molecule has 0 unspecified atom stereocenters. The molecule has 0 radical (unpaired) electrons. The van der Waals surface area contributed by atoms with Gasteiger partial charge in [0, 0.05) is 7.05 Å². The summed E-state index contributed by atoms with van der Waals surface area (Å²) in [6, 6.07) is 6.40. The van der Waals surface area contributed by atoms with Gasteiger partial charge in [0.1, 0.15) is 16.3 Å². The van der Waals surface area contributed by atoms with E-state index < -0.39 is 5.97 Å². The van der Waals surface area contributed by atoms with E-state index in [1.54, 1.807) is 19.1 Å². The number of carbonyl (C=O) groups excluding carboxylic acids is 1. The van der Waals surface area contributed by atoms with Gasteiger partial charge in [-0.25, -0.2) is 4.79 Å². The molecule has 2 aromatic rings. The first-order valence-corrected chi connectivity index (χ1v) is 6.91. The molecule has 0 fully saturated rings. The van der Waals surface area contributed by atoms with E-state index >= 15 is 0 Å². The molecule has 0 aliphatic heterocycles. The molecule has 0 saturated heterocycles. The molecule has 6 nitrogen and oxygen atoms in total. The Hall–Kier alpha value is -2.41. The number of anilines is 1. The first kappa shape index (κ1) is 15.0. The van der Waals surface area contributed by atoms with Gasteiger partial charge in [0.2, 0.25) is 5.91 Å². The standard InChI is InChI=1S/C14H14N2O4S/c1-8-12(14(19)20)13(21-15-8)16(2)11(18)7-9-4-3-5-10(17)6-9/h3-6,17H,7H2,1-2H3,(H,19,20). The summed E-state index contributed by atoms with van der Waals surface area (Å²) in [6.07, 6.45) is 0.0703. The largest absolute Gasteiger partial charge is 0.508 e. The molecule has 1 aromatic heterocycles. The number of hydrogen-bond donors (Lipinski definition) is 2. The van der Waals surface area contributed by atoms with Gasteiger partial charge in [0.25, 0.3) is 0 Å². The number of hydrogen-bond acceptors (Lipinski definition) is 5. The van der Waals surface area contributed by atoms with Gasteiger partial charge in [-0.3, -0.25) is 4.79 Å². The summed E-state index contributed by atoms with van der Waals surface area (Å²) >= 11 is 0.980. The quantitative estimate of drug-likeness (QED) is 0.902. The van der Waals surface area contributed by atoms with Crippen molar-refractivity contribution in [3.05, 3.63) is 41.1 Å². The number of nitrogens with zero attached hydrogens (tertiary/aromatic N) is 2. The van der Waals surface area contributed by atoms with Gasteiger partial charge in [-0.1, -0.05) is 12.1 Å². The molecular formula is C14H14N2O4S. The minimum atomic E-state index is -1.10. The average molecular weight is 306 g/mol. The maximum Gasteiger partial charge on any atom is 0.340 e. The third-order valence-electron chi connectivity index (χ3n) is 3.00. The summed E-state index contributed by atoms with van der Waals surface area (Å²) < 4.78 is 3.99. The lowest BCUT2D eigenvalue weighted by molar-refractivity contribution is -0.117. The Bertz CT molecular complexity index is 696. The number of aromatic hydroxyl groups is 1. The molecule has 0 saturated carbocycles. The molecule has 1 amide bonds. The van der Waals surface area contributed by atoms with Crippen LogP contribution in [0.15, 0.2) is 24.3 Å². The van der Waals surface area contributed by atoms with E-state index in [2.05, 4.69) is 4.37 Å². The van der Waals surface area contributed by atoms with Crippen LogP contribution in [-0.4, -0.2) is 33.5 Å². The third-order valence-corrected chi connectivity index (χ3v) is 4.02. The van der Waals surface area contributed by atoms with Crippen LogP contribution >= 0.6 is 11.5 Å². The lowest BCUT2D eigenvalue weighted by Gasteiger charge is -2.16. The third kappa shape index (κ3) is 3.19. The van der Waals surface area contributed by atoms with Crippen molar-refractivity contribution in [1.29, 1.82) is 0 Å². The highest BCUT2D eigenvalue weighted by Crippen LogP contribution is 2.28. The minimum Gasteiger partial charge on any atom is -0.508 e. The van der Waals surface area contributed by atoms with E-state index in [9.17, 15) is 19.8 Å². The fraction of sp³-hybridized carbons (Fsp3) is 0.214. The number of benzene rings is 1. The molecule has 0 bridgehead atoms. The number of phenolic OH excluding ortho intramolecular Hbond substituents is 1. The maximum absolute atomic E-state index is 12.2. The SMILES string of the molecule is Cc1nsc(N(C)C(=O)Cc2cccc(O)c2)c1C(=O)O. The van der Waals surface area contributed by atoms with Crippen molar-refractivity contribution in [2.45, 2.75) is 13.3 Å². The molecule has 1 heterocycles. The van der Waals surface area contributed by atoms with Crippen molar-refractivity contribution in [3.63, 3.8) is 0 Å². The van der Waals surface area contributed by atoms with Gasteiger partial charge in [-0.15, -0.1) is 0 Å². The molecule has 21 heavy (non-hydrogen) atoms. The zero-order chi connectivity index (χ0) is 15.6. The van der Waals surface area contributed by atoms with Gasteiger partial charge in [-0.05, 0) is 36.2 Å². The Balaban J connectivity index is 2.22. The first-order valence-electron chi connectivity index (χ1n) is 6.14. The maximum atomic E-state index is 12.2. The van der Waals surface area contributed by atoms with Gasteiger partial charge in [-0.2, -0.15) is 4.37 Å². The number of carboxylic acids is 1. The number of phenols is 1. The monoisotopic (exact) mass is 306 g/mol. The molecule has 0 aliphatic rings. The summed E-state index contributed by atoms with van der Waals surface area (Å²) in [5, 5.41) is 18.9. The Kier molecular flexibility index (Phi) is 4.23. The van der Waals surface area contributed by atoms with E-state index in [0.29, 0.717) is 16.3 Å². The Morgan fingerprint density at radius 2 is 2.10 bits per heavy atom. The molecule has 110 valence electrons. The topological polar surface area (TPSA) is 90.7 Å². The van der Waals surface area contributed by atoms with Crippen LogP contribution in [0.5, 0.6) is 5.75 Å². The number of likely N-dealkylation sites (N-methyl/N-ethyl adjacent to an activating group) is 1. The fourth-order valence-electron chi connectivity index (χ4n) is 1.91. The van der Waals surface area contributed by atoms with Crippen molar-refractivity contribution in [2.24, 2.45) is 0 Å². The van der Waals surface area contributed by atoms with Crippen molar-refractivity contribution < 1.29 is 19.8 Å². The number of aryl methyl sites for hydroxylation is 1. The second-order valence-electron chi connectivity index (χ2n) is 4.55. The van der Waals surface area contributed by atoms with Gasteiger partial charge >= 0.3 is 5.97 Å².